The molecule has 6 nitrogen and oxygen atoms in total. The zero-order valence-electron chi connectivity index (χ0n) is 13.8. The van der Waals surface area contributed by atoms with E-state index in [0.29, 0.717) is 42.6 Å². The van der Waals surface area contributed by atoms with Gasteiger partial charge in [0.15, 0.2) is 11.5 Å². The minimum Gasteiger partial charge on any atom is -0.490 e. The fraction of sp³-hybridized carbons (Fsp3) is 0.412. The minimum absolute atomic E-state index is 0.205. The van der Waals surface area contributed by atoms with Crippen molar-refractivity contribution in [1.29, 1.82) is 0 Å². The predicted octanol–water partition coefficient (Wildman–Crippen LogP) is 3.34. The normalized spacial score (nSPS) is 10.4. The Morgan fingerprint density at radius 3 is 2.70 bits per heavy atom. The summed E-state index contributed by atoms with van der Waals surface area (Å²) in [7, 11) is 0. The highest BCUT2D eigenvalue weighted by atomic mass is 16.5. The van der Waals surface area contributed by atoms with Gasteiger partial charge in [0.05, 0.1) is 19.4 Å². The van der Waals surface area contributed by atoms with Gasteiger partial charge in [-0.1, -0.05) is 6.92 Å². The van der Waals surface area contributed by atoms with Gasteiger partial charge >= 0.3 is 0 Å². The SMILES string of the molecule is CCCOc1ccc(C(=O)Nc2ccnn2CC)cc1OCC. The van der Waals surface area contributed by atoms with Gasteiger partial charge in [0.2, 0.25) is 0 Å². The van der Waals surface area contributed by atoms with Crippen LogP contribution in [0.1, 0.15) is 37.6 Å². The van der Waals surface area contributed by atoms with Crippen molar-refractivity contribution < 1.29 is 14.3 Å². The van der Waals surface area contributed by atoms with Gasteiger partial charge in [-0.3, -0.25) is 4.79 Å². The van der Waals surface area contributed by atoms with Crippen molar-refractivity contribution in [3.63, 3.8) is 0 Å². The maximum absolute atomic E-state index is 12.4. The smallest absolute Gasteiger partial charge is 0.256 e. The van der Waals surface area contributed by atoms with Crippen LogP contribution < -0.4 is 14.8 Å². The summed E-state index contributed by atoms with van der Waals surface area (Å²) in [5.41, 5.74) is 0.515. The van der Waals surface area contributed by atoms with Gasteiger partial charge in [0, 0.05) is 18.2 Å². The number of amides is 1. The van der Waals surface area contributed by atoms with E-state index in [4.69, 9.17) is 9.47 Å². The Hall–Kier alpha value is -2.50. The van der Waals surface area contributed by atoms with Crippen LogP contribution in [0, 0.1) is 0 Å². The molecule has 124 valence electrons. The highest BCUT2D eigenvalue weighted by Crippen LogP contribution is 2.29. The molecule has 0 aliphatic rings. The lowest BCUT2D eigenvalue weighted by atomic mass is 10.2. The Kier molecular flexibility index (Phi) is 6.02. The lowest BCUT2D eigenvalue weighted by Gasteiger charge is -2.13. The molecule has 23 heavy (non-hydrogen) atoms. The molecule has 0 atom stereocenters. The Bertz CT molecular complexity index is 652. The number of aromatic nitrogens is 2. The summed E-state index contributed by atoms with van der Waals surface area (Å²) < 4.78 is 12.9. The minimum atomic E-state index is -0.205. The second-order valence-corrected chi connectivity index (χ2v) is 4.93. The number of aryl methyl sites for hydroxylation is 1. The number of nitrogens with one attached hydrogen (secondary N) is 1. The molecule has 0 saturated carbocycles. The summed E-state index contributed by atoms with van der Waals surface area (Å²) in [5, 5.41) is 6.99. The molecule has 1 N–H and O–H groups in total. The first-order valence-electron chi connectivity index (χ1n) is 7.92. The molecule has 2 rings (SSSR count). The Balaban J connectivity index is 2.18. The second-order valence-electron chi connectivity index (χ2n) is 4.93. The van der Waals surface area contributed by atoms with Crippen LogP contribution >= 0.6 is 0 Å². The maximum atomic E-state index is 12.4. The van der Waals surface area contributed by atoms with E-state index in [-0.39, 0.29) is 5.91 Å². The van der Waals surface area contributed by atoms with Crippen LogP contribution in [0.5, 0.6) is 11.5 Å². The van der Waals surface area contributed by atoms with Gasteiger partial charge in [0.1, 0.15) is 5.82 Å². The number of hydrogen-bond donors (Lipinski definition) is 1. The molecule has 0 saturated heterocycles. The number of hydrogen-bond acceptors (Lipinski definition) is 4. The summed E-state index contributed by atoms with van der Waals surface area (Å²) >= 11 is 0. The zero-order chi connectivity index (χ0) is 16.7. The summed E-state index contributed by atoms with van der Waals surface area (Å²) in [5.74, 6) is 1.70. The molecule has 1 amide bonds. The van der Waals surface area contributed by atoms with Crippen molar-refractivity contribution in [3.05, 3.63) is 36.0 Å². The van der Waals surface area contributed by atoms with Gasteiger partial charge in [0.25, 0.3) is 5.91 Å². The summed E-state index contributed by atoms with van der Waals surface area (Å²) in [6.07, 6.45) is 2.57. The fourth-order valence-corrected chi connectivity index (χ4v) is 2.13. The van der Waals surface area contributed by atoms with E-state index in [1.165, 1.54) is 0 Å². The molecule has 1 aromatic carbocycles. The summed E-state index contributed by atoms with van der Waals surface area (Å²) in [6.45, 7) is 7.72. The average Bonchev–Trinajstić information content (AvgIpc) is 3.01. The summed E-state index contributed by atoms with van der Waals surface area (Å²) in [6, 6.07) is 6.97. The fourth-order valence-electron chi connectivity index (χ4n) is 2.13. The van der Waals surface area contributed by atoms with Crippen LogP contribution in [0.2, 0.25) is 0 Å². The molecule has 0 fully saturated rings. The third-order valence-electron chi connectivity index (χ3n) is 3.23. The van der Waals surface area contributed by atoms with Crippen LogP contribution in [-0.4, -0.2) is 28.9 Å². The quantitative estimate of drug-likeness (QED) is 0.811. The number of carbonyl (C=O) groups is 1. The van der Waals surface area contributed by atoms with E-state index in [0.717, 1.165) is 6.42 Å². The van der Waals surface area contributed by atoms with Crippen LogP contribution in [0.4, 0.5) is 5.82 Å². The number of carbonyl (C=O) groups excluding carboxylic acids is 1. The molecule has 2 aromatic rings. The molecular weight excluding hydrogens is 294 g/mol. The second kappa shape index (κ2) is 8.22. The van der Waals surface area contributed by atoms with Gasteiger partial charge in [-0.15, -0.1) is 0 Å². The zero-order valence-corrected chi connectivity index (χ0v) is 13.8. The lowest BCUT2D eigenvalue weighted by molar-refractivity contribution is 0.102. The Labute approximate surface area is 136 Å². The highest BCUT2D eigenvalue weighted by molar-refractivity contribution is 6.04. The maximum Gasteiger partial charge on any atom is 0.256 e. The Morgan fingerprint density at radius 2 is 2.00 bits per heavy atom. The topological polar surface area (TPSA) is 65.4 Å². The van der Waals surface area contributed by atoms with Crippen molar-refractivity contribution in [3.8, 4) is 11.5 Å². The van der Waals surface area contributed by atoms with Crippen LogP contribution in [-0.2, 0) is 6.54 Å². The molecular formula is C17H23N3O3. The lowest BCUT2D eigenvalue weighted by Crippen LogP contribution is -2.15. The van der Waals surface area contributed by atoms with E-state index < -0.39 is 0 Å². The van der Waals surface area contributed by atoms with E-state index >= 15 is 0 Å². The first-order chi connectivity index (χ1) is 11.2. The van der Waals surface area contributed by atoms with E-state index in [1.54, 1.807) is 35.1 Å². The van der Waals surface area contributed by atoms with Crippen LogP contribution in [0.25, 0.3) is 0 Å². The monoisotopic (exact) mass is 317 g/mol. The number of anilines is 1. The number of benzene rings is 1. The number of ether oxygens (including phenoxy) is 2. The third-order valence-corrected chi connectivity index (χ3v) is 3.23. The van der Waals surface area contributed by atoms with Crippen LogP contribution in [0.3, 0.4) is 0 Å². The molecule has 0 radical (unpaired) electrons. The molecule has 1 aromatic heterocycles. The molecule has 6 heteroatoms. The van der Waals surface area contributed by atoms with Gasteiger partial charge in [-0.2, -0.15) is 5.10 Å². The molecule has 0 unspecified atom stereocenters. The molecule has 0 aliphatic carbocycles. The van der Waals surface area contributed by atoms with E-state index in [1.807, 2.05) is 20.8 Å². The van der Waals surface area contributed by atoms with Crippen molar-refractivity contribution in [2.24, 2.45) is 0 Å². The molecule has 0 aliphatic heterocycles. The summed E-state index contributed by atoms with van der Waals surface area (Å²) in [4.78, 5) is 12.4. The Morgan fingerprint density at radius 1 is 1.17 bits per heavy atom. The molecule has 1 heterocycles. The largest absolute Gasteiger partial charge is 0.490 e. The third kappa shape index (κ3) is 4.25. The van der Waals surface area contributed by atoms with E-state index in [2.05, 4.69) is 10.4 Å². The van der Waals surface area contributed by atoms with E-state index in [9.17, 15) is 4.79 Å². The molecule has 0 spiro atoms. The van der Waals surface area contributed by atoms with Crippen molar-refractivity contribution in [2.45, 2.75) is 33.7 Å². The number of rotatable bonds is 8. The first-order valence-corrected chi connectivity index (χ1v) is 7.92. The number of nitrogens with zero attached hydrogens (tertiary/aromatic N) is 2. The van der Waals surface area contributed by atoms with Gasteiger partial charge < -0.3 is 14.8 Å². The molecule has 0 bridgehead atoms. The predicted molar refractivity (Wildman–Crippen MR) is 89.3 cm³/mol. The standard InChI is InChI=1S/C17H23N3O3/c1-4-11-23-14-8-7-13(12-15(14)22-6-3)17(21)19-16-9-10-18-20(16)5-2/h7-10,12H,4-6,11H2,1-3H3,(H,19,21). The van der Waals surface area contributed by atoms with Gasteiger partial charge in [-0.25, -0.2) is 4.68 Å². The van der Waals surface area contributed by atoms with Gasteiger partial charge in [-0.05, 0) is 38.5 Å². The highest BCUT2D eigenvalue weighted by Gasteiger charge is 2.13. The van der Waals surface area contributed by atoms with Crippen LogP contribution in [0.15, 0.2) is 30.5 Å². The van der Waals surface area contributed by atoms with Crippen molar-refractivity contribution in [1.82, 2.24) is 9.78 Å². The van der Waals surface area contributed by atoms with Crippen molar-refractivity contribution in [2.75, 3.05) is 18.5 Å². The first kappa shape index (κ1) is 16.9. The van der Waals surface area contributed by atoms with Crippen molar-refractivity contribution >= 4 is 11.7 Å². The average molecular weight is 317 g/mol.